The number of carboxylic acid groups (broad SMARTS) is 1. The van der Waals surface area contributed by atoms with E-state index in [4.69, 9.17) is 9.84 Å². The van der Waals surface area contributed by atoms with E-state index in [0.29, 0.717) is 25.1 Å². The Labute approximate surface area is 144 Å². The molecule has 132 valence electrons. The van der Waals surface area contributed by atoms with Crippen LogP contribution in [0.4, 0.5) is 11.4 Å². The minimum Gasteiger partial charge on any atom is -0.496 e. The number of nitrogens with zero attached hydrogens (tertiary/aromatic N) is 2. The van der Waals surface area contributed by atoms with Gasteiger partial charge in [-0.15, -0.1) is 12.4 Å². The van der Waals surface area contributed by atoms with Gasteiger partial charge in [0, 0.05) is 0 Å². The van der Waals surface area contributed by atoms with Gasteiger partial charge in [0.05, 0.1) is 24.6 Å². The Balaban J connectivity index is 0.00000288. The highest BCUT2D eigenvalue weighted by molar-refractivity contribution is 5.95. The minimum atomic E-state index is -0.967. The lowest BCUT2D eigenvalue weighted by Gasteiger charge is -2.20. The number of amides is 1. The summed E-state index contributed by atoms with van der Waals surface area (Å²) in [4.78, 5) is 35.2. The summed E-state index contributed by atoms with van der Waals surface area (Å²) in [6.45, 7) is 0.384. The average molecular weight is 360 g/mol. The number of nitro benzene ring substituents is 1. The van der Waals surface area contributed by atoms with E-state index in [2.05, 4.69) is 5.32 Å². The number of aliphatic carboxylic acids is 1. The molecule has 0 saturated carbocycles. The topological polar surface area (TPSA) is 122 Å². The van der Waals surface area contributed by atoms with Gasteiger partial charge in [0.25, 0.3) is 5.69 Å². The lowest BCUT2D eigenvalue weighted by molar-refractivity contribution is -0.384. The monoisotopic (exact) mass is 359 g/mol. The second-order valence-electron chi connectivity index (χ2n) is 5.16. The number of halogens is 1. The maximum absolute atomic E-state index is 12.1. The van der Waals surface area contributed by atoms with Crippen LogP contribution in [0.1, 0.15) is 12.8 Å². The fourth-order valence-electron chi connectivity index (χ4n) is 2.56. The fourth-order valence-corrected chi connectivity index (χ4v) is 2.56. The molecule has 0 unspecified atom stereocenters. The van der Waals surface area contributed by atoms with Crippen LogP contribution >= 0.6 is 12.4 Å². The molecule has 0 spiro atoms. The Hall–Kier alpha value is -2.39. The first-order valence-electron chi connectivity index (χ1n) is 7.01. The third-order valence-corrected chi connectivity index (χ3v) is 3.67. The van der Waals surface area contributed by atoms with Gasteiger partial charge in [0.15, 0.2) is 0 Å². The first kappa shape index (κ1) is 19.7. The van der Waals surface area contributed by atoms with Crippen molar-refractivity contribution in [3.63, 3.8) is 0 Å². The number of methoxy groups -OCH3 is 1. The van der Waals surface area contributed by atoms with Crippen molar-refractivity contribution < 1.29 is 24.4 Å². The van der Waals surface area contributed by atoms with Gasteiger partial charge in [-0.05, 0) is 31.5 Å². The summed E-state index contributed by atoms with van der Waals surface area (Å²) in [5, 5.41) is 22.6. The first-order chi connectivity index (χ1) is 10.9. The normalized spacial score (nSPS) is 17.0. The zero-order valence-electron chi connectivity index (χ0n) is 12.9. The molecule has 0 aromatic heterocycles. The number of carboxylic acids is 1. The zero-order chi connectivity index (χ0) is 17.0. The second kappa shape index (κ2) is 8.46. The van der Waals surface area contributed by atoms with E-state index in [9.17, 15) is 19.7 Å². The molecule has 1 fully saturated rings. The molecule has 10 heteroatoms. The molecule has 1 amide bonds. The number of carbonyl (C=O) groups is 2. The zero-order valence-corrected chi connectivity index (χ0v) is 13.7. The van der Waals surface area contributed by atoms with Crippen molar-refractivity contribution in [1.82, 2.24) is 4.90 Å². The highest BCUT2D eigenvalue weighted by Gasteiger charge is 2.31. The molecule has 1 atom stereocenters. The Morgan fingerprint density at radius 1 is 1.50 bits per heavy atom. The Bertz CT molecular complexity index is 639. The van der Waals surface area contributed by atoms with Crippen molar-refractivity contribution in [2.45, 2.75) is 18.9 Å². The minimum absolute atomic E-state index is 0. The highest BCUT2D eigenvalue weighted by Crippen LogP contribution is 2.29. The molecule has 0 bridgehead atoms. The van der Waals surface area contributed by atoms with Crippen LogP contribution < -0.4 is 10.1 Å². The van der Waals surface area contributed by atoms with E-state index in [1.165, 1.54) is 25.3 Å². The van der Waals surface area contributed by atoms with E-state index in [0.717, 1.165) is 0 Å². The average Bonchev–Trinajstić information content (AvgIpc) is 2.95. The number of carbonyl (C=O) groups excluding carboxylic acids is 1. The van der Waals surface area contributed by atoms with Gasteiger partial charge in [0.1, 0.15) is 17.5 Å². The highest BCUT2D eigenvalue weighted by atomic mass is 35.5. The molecule has 1 aliphatic rings. The molecule has 1 heterocycles. The number of rotatable bonds is 6. The van der Waals surface area contributed by atoms with Crippen molar-refractivity contribution >= 4 is 35.7 Å². The molecule has 2 rings (SSSR count). The van der Waals surface area contributed by atoms with Crippen molar-refractivity contribution in [2.24, 2.45) is 0 Å². The number of likely N-dealkylation sites (tertiary alicyclic amines) is 1. The third kappa shape index (κ3) is 4.56. The molecule has 1 aromatic carbocycles. The number of hydrogen-bond donors (Lipinski definition) is 2. The number of anilines is 1. The Kier molecular flexibility index (Phi) is 6.93. The second-order valence-corrected chi connectivity index (χ2v) is 5.16. The Morgan fingerprint density at radius 2 is 2.21 bits per heavy atom. The van der Waals surface area contributed by atoms with Gasteiger partial charge in [-0.1, -0.05) is 0 Å². The summed E-state index contributed by atoms with van der Waals surface area (Å²) < 4.78 is 4.92. The molecule has 1 aliphatic heterocycles. The summed E-state index contributed by atoms with van der Waals surface area (Å²) in [5.41, 5.74) is -0.235. The summed E-state index contributed by atoms with van der Waals surface area (Å²) >= 11 is 0. The van der Waals surface area contributed by atoms with Crippen molar-refractivity contribution in [2.75, 3.05) is 25.5 Å². The van der Waals surface area contributed by atoms with Crippen LogP contribution in [0.2, 0.25) is 0 Å². The van der Waals surface area contributed by atoms with E-state index >= 15 is 0 Å². The van der Waals surface area contributed by atoms with E-state index < -0.39 is 22.8 Å². The van der Waals surface area contributed by atoms with Crippen LogP contribution in [0.3, 0.4) is 0 Å². The van der Waals surface area contributed by atoms with Gasteiger partial charge < -0.3 is 15.2 Å². The predicted octanol–water partition coefficient (Wildman–Crippen LogP) is 1.51. The molecule has 24 heavy (non-hydrogen) atoms. The van der Waals surface area contributed by atoms with E-state index in [1.54, 1.807) is 4.90 Å². The van der Waals surface area contributed by atoms with Crippen molar-refractivity contribution in [3.8, 4) is 5.75 Å². The van der Waals surface area contributed by atoms with Crippen LogP contribution in [0.25, 0.3) is 0 Å². The van der Waals surface area contributed by atoms with Crippen LogP contribution in [0, 0.1) is 10.1 Å². The quantitative estimate of drug-likeness (QED) is 0.583. The Morgan fingerprint density at radius 3 is 2.79 bits per heavy atom. The predicted molar refractivity (Wildman–Crippen MR) is 87.8 cm³/mol. The number of nitro groups is 1. The summed E-state index contributed by atoms with van der Waals surface area (Å²) in [7, 11) is 1.39. The van der Waals surface area contributed by atoms with Gasteiger partial charge >= 0.3 is 5.97 Å². The molecule has 1 saturated heterocycles. The molecule has 9 nitrogen and oxygen atoms in total. The molecule has 1 aromatic rings. The van der Waals surface area contributed by atoms with Crippen LogP contribution in [0.5, 0.6) is 5.75 Å². The van der Waals surface area contributed by atoms with Gasteiger partial charge in [-0.2, -0.15) is 0 Å². The molecule has 0 aliphatic carbocycles. The van der Waals surface area contributed by atoms with Gasteiger partial charge in [-0.25, -0.2) is 0 Å². The molecular formula is C14H18ClN3O6. The van der Waals surface area contributed by atoms with Crippen LogP contribution in [-0.4, -0.2) is 53.0 Å². The smallest absolute Gasteiger partial charge is 0.320 e. The van der Waals surface area contributed by atoms with Crippen molar-refractivity contribution in [3.05, 3.63) is 28.3 Å². The SMILES string of the molecule is COc1ccc(NC(=O)CN2CCC[C@H]2C(=O)O)c([N+](=O)[O-])c1.Cl. The van der Waals surface area contributed by atoms with Crippen LogP contribution in [-0.2, 0) is 9.59 Å². The van der Waals surface area contributed by atoms with E-state index in [-0.39, 0.29) is 30.3 Å². The lowest BCUT2D eigenvalue weighted by Crippen LogP contribution is -2.40. The summed E-state index contributed by atoms with van der Waals surface area (Å²) in [5.74, 6) is -1.16. The van der Waals surface area contributed by atoms with Crippen molar-refractivity contribution in [1.29, 1.82) is 0 Å². The fraction of sp³-hybridized carbons (Fsp3) is 0.429. The third-order valence-electron chi connectivity index (χ3n) is 3.67. The van der Waals surface area contributed by atoms with Gasteiger partial charge in [-0.3, -0.25) is 24.6 Å². The summed E-state index contributed by atoms with van der Waals surface area (Å²) in [6, 6.07) is 3.41. The maximum Gasteiger partial charge on any atom is 0.320 e. The lowest BCUT2D eigenvalue weighted by atomic mass is 10.2. The van der Waals surface area contributed by atoms with E-state index in [1.807, 2.05) is 0 Å². The molecule has 2 N–H and O–H groups in total. The maximum atomic E-state index is 12.1. The number of benzene rings is 1. The van der Waals surface area contributed by atoms with Gasteiger partial charge in [0.2, 0.25) is 5.91 Å². The number of hydrogen-bond acceptors (Lipinski definition) is 6. The first-order valence-corrected chi connectivity index (χ1v) is 7.01. The number of ether oxygens (including phenoxy) is 1. The standard InChI is InChI=1S/C14H17N3O6.ClH/c1-23-9-4-5-10(12(7-9)17(21)22)15-13(18)8-16-6-2-3-11(16)14(19)20;/h4-5,7,11H,2-3,6,8H2,1H3,(H,15,18)(H,19,20);1H/t11-;/m0./s1. The molecular weight excluding hydrogens is 342 g/mol. The number of nitrogens with one attached hydrogen (secondary N) is 1. The van der Waals surface area contributed by atoms with Crippen LogP contribution in [0.15, 0.2) is 18.2 Å². The molecule has 0 radical (unpaired) electrons. The largest absolute Gasteiger partial charge is 0.496 e. The summed E-state index contributed by atoms with van der Waals surface area (Å²) in [6.07, 6.45) is 1.19.